The minimum absolute atomic E-state index is 0.455. The molecule has 0 aliphatic carbocycles. The molecule has 0 aliphatic heterocycles. The van der Waals surface area contributed by atoms with Gasteiger partial charge in [-0.3, -0.25) is 4.79 Å². The van der Waals surface area contributed by atoms with Gasteiger partial charge in [0, 0.05) is 18.2 Å². The van der Waals surface area contributed by atoms with Gasteiger partial charge in [-0.2, -0.15) is 0 Å². The molecule has 0 aliphatic rings. The Hall–Kier alpha value is -2.66. The number of benzene rings is 2. The third kappa shape index (κ3) is 3.15. The molecule has 3 aromatic rings. The molecule has 1 unspecified atom stereocenters. The molecule has 1 heterocycles. The van der Waals surface area contributed by atoms with E-state index in [1.54, 1.807) is 18.2 Å². The quantitative estimate of drug-likeness (QED) is 0.776. The number of carbonyl (C=O) groups is 1. The number of aliphatic hydroxyl groups is 1. The lowest BCUT2D eigenvalue weighted by Gasteiger charge is -2.06. The van der Waals surface area contributed by atoms with Gasteiger partial charge in [0.25, 0.3) is 5.91 Å². The third-order valence-corrected chi connectivity index (χ3v) is 3.28. The molecule has 112 valence electrons. The lowest BCUT2D eigenvalue weighted by molar-refractivity contribution is -0.123. The molecule has 3 rings (SSSR count). The second kappa shape index (κ2) is 5.99. The highest BCUT2D eigenvalue weighted by molar-refractivity contribution is 5.95. The number of fused-ring (bicyclic) bond motifs is 1. The van der Waals surface area contributed by atoms with Crippen molar-refractivity contribution in [3.8, 4) is 0 Å². The SMILES string of the molecule is CC(O)C(=O)Nc1ccc2nc(Cc3ccccc3)oc2c1. The Morgan fingerprint density at radius 1 is 1.27 bits per heavy atom. The van der Waals surface area contributed by atoms with Crippen LogP contribution in [0.15, 0.2) is 52.9 Å². The molecule has 2 N–H and O–H groups in total. The first-order valence-corrected chi connectivity index (χ1v) is 7.04. The number of nitrogens with zero attached hydrogens (tertiary/aromatic N) is 1. The van der Waals surface area contributed by atoms with E-state index in [9.17, 15) is 9.90 Å². The summed E-state index contributed by atoms with van der Waals surface area (Å²) in [6, 6.07) is 15.2. The van der Waals surface area contributed by atoms with E-state index in [1.807, 2.05) is 30.3 Å². The van der Waals surface area contributed by atoms with Crippen LogP contribution in [0, 0.1) is 0 Å². The monoisotopic (exact) mass is 296 g/mol. The van der Waals surface area contributed by atoms with Gasteiger partial charge < -0.3 is 14.8 Å². The molecule has 22 heavy (non-hydrogen) atoms. The topological polar surface area (TPSA) is 75.4 Å². The van der Waals surface area contributed by atoms with Gasteiger partial charge in [0.1, 0.15) is 11.6 Å². The van der Waals surface area contributed by atoms with E-state index >= 15 is 0 Å². The maximum atomic E-state index is 11.5. The Labute approximate surface area is 127 Å². The van der Waals surface area contributed by atoms with Gasteiger partial charge in [-0.25, -0.2) is 4.98 Å². The molecule has 0 fully saturated rings. The van der Waals surface area contributed by atoms with Crippen molar-refractivity contribution in [3.05, 3.63) is 60.0 Å². The van der Waals surface area contributed by atoms with Crippen LogP contribution in [0.1, 0.15) is 18.4 Å². The second-order valence-corrected chi connectivity index (χ2v) is 5.12. The van der Waals surface area contributed by atoms with Crippen molar-refractivity contribution < 1.29 is 14.3 Å². The van der Waals surface area contributed by atoms with E-state index in [2.05, 4.69) is 10.3 Å². The molecule has 0 saturated heterocycles. The zero-order chi connectivity index (χ0) is 15.5. The summed E-state index contributed by atoms with van der Waals surface area (Å²) in [7, 11) is 0. The van der Waals surface area contributed by atoms with Gasteiger partial charge in [-0.1, -0.05) is 30.3 Å². The molecule has 5 nitrogen and oxygen atoms in total. The lowest BCUT2D eigenvalue weighted by Crippen LogP contribution is -2.24. The minimum atomic E-state index is -1.06. The van der Waals surface area contributed by atoms with Crippen molar-refractivity contribution in [1.82, 2.24) is 4.98 Å². The van der Waals surface area contributed by atoms with E-state index in [0.29, 0.717) is 23.6 Å². The first kappa shape index (κ1) is 14.3. The predicted molar refractivity (Wildman–Crippen MR) is 83.6 cm³/mol. The van der Waals surface area contributed by atoms with Crippen molar-refractivity contribution in [2.45, 2.75) is 19.4 Å². The number of hydrogen-bond acceptors (Lipinski definition) is 4. The summed E-state index contributed by atoms with van der Waals surface area (Å²) < 4.78 is 5.73. The molecule has 1 aromatic heterocycles. The number of carbonyl (C=O) groups excluding carboxylic acids is 1. The van der Waals surface area contributed by atoms with Gasteiger partial charge in [0.2, 0.25) is 0 Å². The van der Waals surface area contributed by atoms with Crippen molar-refractivity contribution in [3.63, 3.8) is 0 Å². The van der Waals surface area contributed by atoms with Crippen molar-refractivity contribution in [2.24, 2.45) is 0 Å². The highest BCUT2D eigenvalue weighted by Crippen LogP contribution is 2.21. The maximum Gasteiger partial charge on any atom is 0.252 e. The van der Waals surface area contributed by atoms with Crippen LogP contribution in [0.4, 0.5) is 5.69 Å². The first-order valence-electron chi connectivity index (χ1n) is 7.04. The van der Waals surface area contributed by atoms with E-state index in [-0.39, 0.29) is 0 Å². The van der Waals surface area contributed by atoms with E-state index in [0.717, 1.165) is 11.1 Å². The zero-order valence-electron chi connectivity index (χ0n) is 12.1. The molecule has 1 amide bonds. The summed E-state index contributed by atoms with van der Waals surface area (Å²) >= 11 is 0. The Balaban J connectivity index is 1.82. The average Bonchev–Trinajstić information content (AvgIpc) is 2.89. The fraction of sp³-hybridized carbons (Fsp3) is 0.176. The summed E-state index contributed by atoms with van der Waals surface area (Å²) in [5.74, 6) is 0.170. The Morgan fingerprint density at radius 2 is 2.05 bits per heavy atom. The van der Waals surface area contributed by atoms with Gasteiger partial charge in [0.05, 0.1) is 0 Å². The van der Waals surface area contributed by atoms with E-state index < -0.39 is 12.0 Å². The zero-order valence-corrected chi connectivity index (χ0v) is 12.1. The van der Waals surface area contributed by atoms with Crippen LogP contribution in [0.3, 0.4) is 0 Å². The fourth-order valence-corrected chi connectivity index (χ4v) is 2.14. The Morgan fingerprint density at radius 3 is 2.77 bits per heavy atom. The molecule has 2 aromatic carbocycles. The molecular formula is C17H16N2O3. The molecule has 5 heteroatoms. The Kier molecular flexibility index (Phi) is 3.89. The molecule has 0 bridgehead atoms. The van der Waals surface area contributed by atoms with Crippen LogP contribution >= 0.6 is 0 Å². The average molecular weight is 296 g/mol. The summed E-state index contributed by atoms with van der Waals surface area (Å²) in [5.41, 5.74) is 3.03. The van der Waals surface area contributed by atoms with Gasteiger partial charge in [0.15, 0.2) is 11.5 Å². The van der Waals surface area contributed by atoms with Crippen LogP contribution in [0.25, 0.3) is 11.1 Å². The number of rotatable bonds is 4. The maximum absolute atomic E-state index is 11.5. The summed E-state index contributed by atoms with van der Waals surface area (Å²) in [4.78, 5) is 15.9. The largest absolute Gasteiger partial charge is 0.440 e. The summed E-state index contributed by atoms with van der Waals surface area (Å²) in [5, 5.41) is 11.8. The molecule has 0 spiro atoms. The van der Waals surface area contributed by atoms with Crippen LogP contribution < -0.4 is 5.32 Å². The standard InChI is InChI=1S/C17H16N2O3/c1-11(20)17(21)18-13-7-8-14-15(10-13)22-16(19-14)9-12-5-3-2-4-6-12/h2-8,10-11,20H,9H2,1H3,(H,18,21). The number of nitrogens with one attached hydrogen (secondary N) is 1. The highest BCUT2D eigenvalue weighted by Gasteiger charge is 2.11. The molecule has 0 radical (unpaired) electrons. The summed E-state index contributed by atoms with van der Waals surface area (Å²) in [6.07, 6.45) is -0.440. The smallest absolute Gasteiger partial charge is 0.252 e. The number of aliphatic hydroxyl groups excluding tert-OH is 1. The number of anilines is 1. The second-order valence-electron chi connectivity index (χ2n) is 5.12. The Bertz CT molecular complexity index is 794. The normalized spacial score (nSPS) is 12.3. The molecule has 0 saturated carbocycles. The molecule has 1 atom stereocenters. The number of aromatic nitrogens is 1. The van der Waals surface area contributed by atoms with Crippen LogP contribution in [-0.4, -0.2) is 22.1 Å². The molecular weight excluding hydrogens is 280 g/mol. The van der Waals surface area contributed by atoms with Gasteiger partial charge >= 0.3 is 0 Å². The lowest BCUT2D eigenvalue weighted by atomic mass is 10.1. The first-order chi connectivity index (χ1) is 10.6. The van der Waals surface area contributed by atoms with Crippen LogP contribution in [-0.2, 0) is 11.2 Å². The number of oxazole rings is 1. The fourth-order valence-electron chi connectivity index (χ4n) is 2.14. The van der Waals surface area contributed by atoms with Gasteiger partial charge in [-0.05, 0) is 24.6 Å². The summed E-state index contributed by atoms with van der Waals surface area (Å²) in [6.45, 7) is 1.42. The van der Waals surface area contributed by atoms with E-state index in [4.69, 9.17) is 4.42 Å². The number of hydrogen-bond donors (Lipinski definition) is 2. The van der Waals surface area contributed by atoms with Crippen molar-refractivity contribution in [1.29, 1.82) is 0 Å². The predicted octanol–water partition coefficient (Wildman–Crippen LogP) is 2.74. The van der Waals surface area contributed by atoms with Crippen molar-refractivity contribution in [2.75, 3.05) is 5.32 Å². The van der Waals surface area contributed by atoms with Crippen LogP contribution in [0.5, 0.6) is 0 Å². The third-order valence-electron chi connectivity index (χ3n) is 3.28. The van der Waals surface area contributed by atoms with E-state index in [1.165, 1.54) is 6.92 Å². The van der Waals surface area contributed by atoms with Gasteiger partial charge in [-0.15, -0.1) is 0 Å². The van der Waals surface area contributed by atoms with Crippen LogP contribution in [0.2, 0.25) is 0 Å². The van der Waals surface area contributed by atoms with Crippen molar-refractivity contribution >= 4 is 22.7 Å². The number of amides is 1. The minimum Gasteiger partial charge on any atom is -0.440 e. The highest BCUT2D eigenvalue weighted by atomic mass is 16.3.